The van der Waals surface area contributed by atoms with Crippen LogP contribution in [0.15, 0.2) is 182 Å². The van der Waals surface area contributed by atoms with Crippen LogP contribution in [0.25, 0.3) is 143 Å². The molecule has 2 aliphatic carbocycles. The lowest BCUT2D eigenvalue weighted by molar-refractivity contribution is 1.18. The molecule has 0 saturated heterocycles. The fourth-order valence-electron chi connectivity index (χ4n) is 11.4. The van der Waals surface area contributed by atoms with Crippen LogP contribution < -0.4 is 0 Å². The Hall–Kier alpha value is -7.68. The fourth-order valence-corrected chi connectivity index (χ4v) is 11.4. The van der Waals surface area contributed by atoms with Crippen molar-refractivity contribution in [1.82, 2.24) is 9.13 Å². The van der Waals surface area contributed by atoms with E-state index in [-0.39, 0.29) is 0 Å². The molecule has 15 rings (SSSR count). The Morgan fingerprint density at radius 2 is 0.500 bits per heavy atom. The number of fused-ring (bicyclic) bond motifs is 14. The summed E-state index contributed by atoms with van der Waals surface area (Å²) in [6.45, 7) is 0. The third-order valence-electron chi connectivity index (χ3n) is 13.7. The van der Waals surface area contributed by atoms with E-state index in [1.165, 1.54) is 143 Å². The fraction of sp³-hybridized carbons (Fsp3) is 0. The summed E-state index contributed by atoms with van der Waals surface area (Å²) in [6.07, 6.45) is 0. The summed E-state index contributed by atoms with van der Waals surface area (Å²) in [4.78, 5) is 0. The second-order valence-electron chi connectivity index (χ2n) is 16.3. The quantitative estimate of drug-likeness (QED) is 0.124. The number of nitrogens with zero attached hydrogens (tertiary/aromatic N) is 2. The zero-order chi connectivity index (χ0) is 37.4. The molecule has 0 aliphatic heterocycles. The summed E-state index contributed by atoms with van der Waals surface area (Å²) >= 11 is 0. The van der Waals surface area contributed by atoms with Crippen molar-refractivity contribution < 1.29 is 0 Å². The molecule has 0 fully saturated rings. The molecule has 0 radical (unpaired) electrons. The molecule has 0 N–H and O–H groups in total. The normalized spacial score (nSPS) is 12.8. The van der Waals surface area contributed by atoms with E-state index in [1.54, 1.807) is 0 Å². The van der Waals surface area contributed by atoms with Gasteiger partial charge in [0, 0.05) is 32.9 Å². The number of hydrogen-bond donors (Lipinski definition) is 0. The van der Waals surface area contributed by atoms with E-state index >= 15 is 0 Å². The van der Waals surface area contributed by atoms with E-state index in [0.717, 1.165) is 0 Å². The molecule has 0 saturated carbocycles. The predicted molar refractivity (Wildman–Crippen MR) is 245 cm³/mol. The average molecular weight is 731 g/mol. The Kier molecular flexibility index (Phi) is 5.20. The number of hydrogen-bond acceptors (Lipinski definition) is 0. The first kappa shape index (κ1) is 29.6. The van der Waals surface area contributed by atoms with Gasteiger partial charge in [0.2, 0.25) is 0 Å². The van der Waals surface area contributed by atoms with Crippen LogP contribution in [0.5, 0.6) is 0 Å². The van der Waals surface area contributed by atoms with Gasteiger partial charge in [-0.15, -0.1) is 0 Å². The van der Waals surface area contributed by atoms with Gasteiger partial charge in [-0.2, -0.15) is 0 Å². The zero-order valence-electron chi connectivity index (χ0n) is 31.2. The lowest BCUT2D eigenvalue weighted by atomic mass is 9.86. The van der Waals surface area contributed by atoms with Crippen molar-refractivity contribution in [3.63, 3.8) is 0 Å². The number of benzene rings is 11. The van der Waals surface area contributed by atoms with Gasteiger partial charge in [-0.25, -0.2) is 0 Å². The van der Waals surface area contributed by atoms with E-state index in [2.05, 4.69) is 191 Å². The van der Waals surface area contributed by atoms with Crippen molar-refractivity contribution in [3.8, 4) is 55.9 Å². The standard InChI is InChI=1S/C56H30N2/c1-5-13-49-35(9-1)36-10-2-6-14-50(36)57(49)31-17-19-33-39-21-23-41-44-26-28-46-48-30-32(58-51-15-7-3-11-37(51)38-12-4-8-16-52(38)58)18-20-34(48)40-22-24-42(56(44)54(40)46)43-25-27-45(47(33)29-31)53(39)55(41)43/h1-30H. The summed E-state index contributed by atoms with van der Waals surface area (Å²) in [5.74, 6) is 0. The van der Waals surface area contributed by atoms with E-state index in [0.29, 0.717) is 0 Å². The molecule has 58 heavy (non-hydrogen) atoms. The van der Waals surface area contributed by atoms with Gasteiger partial charge in [0.1, 0.15) is 0 Å². The first-order chi connectivity index (χ1) is 28.8. The molecule has 2 heterocycles. The molecule has 11 aromatic carbocycles. The van der Waals surface area contributed by atoms with Crippen molar-refractivity contribution in [2.24, 2.45) is 0 Å². The number of rotatable bonds is 2. The van der Waals surface area contributed by atoms with E-state index in [9.17, 15) is 0 Å². The molecule has 0 amide bonds. The average Bonchev–Trinajstić information content (AvgIpc) is 4.00. The Morgan fingerprint density at radius 1 is 0.207 bits per heavy atom. The molecule has 2 aromatic heterocycles. The van der Waals surface area contributed by atoms with Crippen LogP contribution in [0.2, 0.25) is 0 Å². The molecule has 264 valence electrons. The smallest absolute Gasteiger partial charge is 0.0541 e. The van der Waals surface area contributed by atoms with Crippen molar-refractivity contribution in [2.75, 3.05) is 0 Å². The molecular weight excluding hydrogens is 701 g/mol. The highest BCUT2D eigenvalue weighted by Crippen LogP contribution is 2.56. The highest BCUT2D eigenvalue weighted by Gasteiger charge is 2.29. The summed E-state index contributed by atoms with van der Waals surface area (Å²) in [5, 5.41) is 16.0. The monoisotopic (exact) mass is 730 g/mol. The van der Waals surface area contributed by atoms with Gasteiger partial charge in [-0.05, 0) is 136 Å². The van der Waals surface area contributed by atoms with Crippen LogP contribution in [0.4, 0.5) is 0 Å². The first-order valence-corrected chi connectivity index (χ1v) is 20.3. The predicted octanol–water partition coefficient (Wildman–Crippen LogP) is 15.2. The van der Waals surface area contributed by atoms with Gasteiger partial charge in [0.05, 0.1) is 22.1 Å². The van der Waals surface area contributed by atoms with Crippen molar-refractivity contribution in [1.29, 1.82) is 0 Å². The van der Waals surface area contributed by atoms with Crippen LogP contribution in [0.1, 0.15) is 0 Å². The highest BCUT2D eigenvalue weighted by molar-refractivity contribution is 6.40. The minimum Gasteiger partial charge on any atom is -0.309 e. The largest absolute Gasteiger partial charge is 0.309 e. The minimum atomic E-state index is 1.20. The summed E-state index contributed by atoms with van der Waals surface area (Å²) in [7, 11) is 0. The van der Waals surface area contributed by atoms with Crippen LogP contribution in [-0.4, -0.2) is 9.13 Å². The van der Waals surface area contributed by atoms with Gasteiger partial charge in [0.25, 0.3) is 0 Å². The molecule has 0 bridgehead atoms. The summed E-state index contributed by atoms with van der Waals surface area (Å²) in [5.41, 5.74) is 17.9. The van der Waals surface area contributed by atoms with Crippen molar-refractivity contribution in [3.05, 3.63) is 182 Å². The molecule has 0 atom stereocenters. The summed E-state index contributed by atoms with van der Waals surface area (Å²) < 4.78 is 4.87. The lowest BCUT2D eigenvalue weighted by Gasteiger charge is -2.16. The minimum absolute atomic E-state index is 1.20. The van der Waals surface area contributed by atoms with Gasteiger partial charge in [-0.3, -0.25) is 0 Å². The van der Waals surface area contributed by atoms with Gasteiger partial charge in [0.15, 0.2) is 0 Å². The molecule has 2 heteroatoms. The molecule has 2 aliphatic rings. The Bertz CT molecular complexity index is 3630. The van der Waals surface area contributed by atoms with E-state index < -0.39 is 0 Å². The molecule has 0 unspecified atom stereocenters. The Balaban J connectivity index is 0.943. The Morgan fingerprint density at radius 3 is 0.845 bits per heavy atom. The number of para-hydroxylation sites is 4. The maximum Gasteiger partial charge on any atom is 0.0541 e. The van der Waals surface area contributed by atoms with Gasteiger partial charge >= 0.3 is 0 Å². The number of aromatic nitrogens is 2. The maximum absolute atomic E-state index is 2.44. The van der Waals surface area contributed by atoms with Crippen LogP contribution >= 0.6 is 0 Å². The van der Waals surface area contributed by atoms with Gasteiger partial charge < -0.3 is 9.13 Å². The third-order valence-corrected chi connectivity index (χ3v) is 13.7. The SMILES string of the molecule is c1ccc2c(c1)c1ccccc1n2-c1ccc2c(c1)-c1ccc3c4ccc5c6c(ccc(c7ccc-2c1c73)c64)-c1cc(-n2c3ccccc3c3ccccc32)ccc1-5. The zero-order valence-corrected chi connectivity index (χ0v) is 31.2. The lowest BCUT2D eigenvalue weighted by Crippen LogP contribution is -1.94. The van der Waals surface area contributed by atoms with Crippen molar-refractivity contribution >= 4 is 86.7 Å². The molecular formula is C56H30N2. The van der Waals surface area contributed by atoms with Crippen molar-refractivity contribution in [2.45, 2.75) is 0 Å². The first-order valence-electron chi connectivity index (χ1n) is 20.3. The van der Waals surface area contributed by atoms with E-state index in [1.807, 2.05) is 0 Å². The van der Waals surface area contributed by atoms with Crippen LogP contribution in [0, 0.1) is 0 Å². The topological polar surface area (TPSA) is 9.86 Å². The second-order valence-corrected chi connectivity index (χ2v) is 16.3. The highest BCUT2D eigenvalue weighted by atomic mass is 15.0. The molecule has 13 aromatic rings. The maximum atomic E-state index is 2.44. The second kappa shape index (κ2) is 10.2. The Labute approximate surface area is 332 Å². The van der Waals surface area contributed by atoms with E-state index in [4.69, 9.17) is 0 Å². The summed E-state index contributed by atoms with van der Waals surface area (Å²) in [6, 6.07) is 68.5. The molecule has 2 nitrogen and oxygen atoms in total. The van der Waals surface area contributed by atoms with Crippen LogP contribution in [-0.2, 0) is 0 Å². The van der Waals surface area contributed by atoms with Gasteiger partial charge in [-0.1, -0.05) is 133 Å². The third kappa shape index (κ3) is 3.40. The molecule has 0 spiro atoms. The van der Waals surface area contributed by atoms with Crippen LogP contribution in [0.3, 0.4) is 0 Å².